The summed E-state index contributed by atoms with van der Waals surface area (Å²) in [5.41, 5.74) is 1.90. The maximum Gasteiger partial charge on any atom is 0.492 e. The second kappa shape index (κ2) is 9.37. The van der Waals surface area contributed by atoms with Crippen LogP contribution in [-0.2, 0) is 0 Å². The number of aromatic hydroxyl groups is 3. The third-order valence-electron chi connectivity index (χ3n) is 6.35. The van der Waals surface area contributed by atoms with Crippen molar-refractivity contribution in [3.05, 3.63) is 88.7 Å². The first-order valence-corrected chi connectivity index (χ1v) is 11.2. The van der Waals surface area contributed by atoms with E-state index in [-0.39, 0.29) is 38.9 Å². The summed E-state index contributed by atoms with van der Waals surface area (Å²) < 4.78 is 1.42. The lowest BCUT2D eigenvalue weighted by Gasteiger charge is -2.18. The van der Waals surface area contributed by atoms with E-state index < -0.39 is 30.1 Å². The van der Waals surface area contributed by atoms with Gasteiger partial charge in [0.2, 0.25) is 0 Å². The number of aromatic nitrogens is 1. The summed E-state index contributed by atoms with van der Waals surface area (Å²) in [5, 5.41) is 74.1. The molecule has 0 bridgehead atoms. The van der Waals surface area contributed by atoms with E-state index >= 15 is 0 Å². The number of rotatable bonds is 5. The number of aliphatic hydroxyl groups is 2. The number of para-hydroxylation sites is 1. The van der Waals surface area contributed by atoms with Crippen LogP contribution < -0.4 is 0 Å². The number of nitrogens with zero attached hydrogens (tertiary/aromatic N) is 1. The summed E-state index contributed by atoms with van der Waals surface area (Å²) in [6.07, 6.45) is 1.24. The van der Waals surface area contributed by atoms with Crippen LogP contribution in [-0.4, -0.2) is 47.3 Å². The third kappa shape index (κ3) is 3.75. The molecule has 0 saturated heterocycles. The van der Waals surface area contributed by atoms with Crippen molar-refractivity contribution < 1.29 is 35.6 Å². The molecule has 3 aromatic carbocycles. The van der Waals surface area contributed by atoms with Gasteiger partial charge in [0, 0.05) is 22.0 Å². The van der Waals surface area contributed by atoms with Crippen molar-refractivity contribution in [3.8, 4) is 34.1 Å². The molecule has 0 aliphatic heterocycles. The Hall–Kier alpha value is -4.34. The van der Waals surface area contributed by atoms with Crippen LogP contribution in [0.25, 0.3) is 33.5 Å². The number of phenols is 3. The van der Waals surface area contributed by atoms with Crippen molar-refractivity contribution in [1.29, 1.82) is 0 Å². The first kappa shape index (κ1) is 24.8. The molecule has 4 aromatic rings. The Morgan fingerprint density at radius 3 is 2.03 bits per heavy atom. The maximum absolute atomic E-state index is 11.3. The Morgan fingerprint density at radius 2 is 1.42 bits per heavy atom. The Balaban J connectivity index is 2.24. The normalized spacial score (nSPS) is 12.6. The van der Waals surface area contributed by atoms with E-state index in [1.165, 1.54) is 24.5 Å². The fraction of sp³-hybridized carbons (Fsp3) is 0.111. The Labute approximate surface area is 207 Å². The van der Waals surface area contributed by atoms with Gasteiger partial charge >= 0.3 is 7.12 Å². The smallest absolute Gasteiger partial charge is 0.492 e. The van der Waals surface area contributed by atoms with E-state index in [1.807, 2.05) is 42.5 Å². The van der Waals surface area contributed by atoms with Crippen LogP contribution in [0.4, 0.5) is 0 Å². The minimum Gasteiger partial charge on any atom is -0.507 e. The Kier molecular flexibility index (Phi) is 6.45. The molecule has 0 aliphatic rings. The standard InChI is InChI=1S/C27H26BNO7/c1-4-18(28(35)36)25(32)26(33)21-14(2)20-22(27(34)24(31)15(3)23(20)30)29(21)19-13-9-8-12-17(19)16-10-6-5-7-11-16/h4-13,30-36H,1-3H3/b18-4-,26-25-. The molecule has 1 aromatic heterocycles. The van der Waals surface area contributed by atoms with Gasteiger partial charge in [-0.05, 0) is 38.0 Å². The van der Waals surface area contributed by atoms with Crippen LogP contribution in [0, 0.1) is 13.8 Å². The molecule has 4 rings (SSSR count). The van der Waals surface area contributed by atoms with Crippen molar-refractivity contribution in [2.45, 2.75) is 20.8 Å². The summed E-state index contributed by atoms with van der Waals surface area (Å²) >= 11 is 0. The summed E-state index contributed by atoms with van der Waals surface area (Å²) in [6.45, 7) is 4.47. The fourth-order valence-electron chi connectivity index (χ4n) is 4.50. The zero-order valence-electron chi connectivity index (χ0n) is 19.9. The van der Waals surface area contributed by atoms with Crippen LogP contribution in [0.3, 0.4) is 0 Å². The van der Waals surface area contributed by atoms with Crippen molar-refractivity contribution in [2.24, 2.45) is 0 Å². The highest BCUT2D eigenvalue weighted by Gasteiger charge is 2.31. The molecule has 9 heteroatoms. The number of hydrogen-bond donors (Lipinski definition) is 7. The van der Waals surface area contributed by atoms with E-state index in [0.717, 1.165) is 5.56 Å². The van der Waals surface area contributed by atoms with E-state index in [2.05, 4.69) is 0 Å². The number of fused-ring (bicyclic) bond motifs is 1. The lowest BCUT2D eigenvalue weighted by atomic mass is 9.77. The third-order valence-corrected chi connectivity index (χ3v) is 6.35. The van der Waals surface area contributed by atoms with Crippen molar-refractivity contribution >= 4 is 23.8 Å². The number of aryl methyl sites for hydroxylation is 1. The van der Waals surface area contributed by atoms with Crippen molar-refractivity contribution in [3.63, 3.8) is 0 Å². The molecule has 0 radical (unpaired) electrons. The molecule has 184 valence electrons. The largest absolute Gasteiger partial charge is 0.507 e. The molecule has 36 heavy (non-hydrogen) atoms. The van der Waals surface area contributed by atoms with Gasteiger partial charge in [0.15, 0.2) is 23.0 Å². The topological polar surface area (TPSA) is 147 Å². The van der Waals surface area contributed by atoms with Crippen LogP contribution in [0.15, 0.2) is 71.9 Å². The molecule has 0 unspecified atom stereocenters. The number of allylic oxidation sites excluding steroid dienone is 2. The minimum atomic E-state index is -2.07. The predicted molar refractivity (Wildman–Crippen MR) is 139 cm³/mol. The summed E-state index contributed by atoms with van der Waals surface area (Å²) in [6, 6.07) is 16.4. The van der Waals surface area contributed by atoms with Gasteiger partial charge in [-0.15, -0.1) is 0 Å². The fourth-order valence-corrected chi connectivity index (χ4v) is 4.50. The van der Waals surface area contributed by atoms with E-state index in [9.17, 15) is 35.6 Å². The summed E-state index contributed by atoms with van der Waals surface area (Å²) in [7, 11) is -2.07. The van der Waals surface area contributed by atoms with Crippen molar-refractivity contribution in [2.75, 3.05) is 0 Å². The van der Waals surface area contributed by atoms with Gasteiger partial charge < -0.3 is 40.1 Å². The monoisotopic (exact) mass is 487 g/mol. The van der Waals surface area contributed by atoms with Gasteiger partial charge in [-0.25, -0.2) is 0 Å². The van der Waals surface area contributed by atoms with E-state index in [4.69, 9.17) is 0 Å². The number of hydrogen-bond acceptors (Lipinski definition) is 7. The number of phenolic OH excluding ortho intramolecular Hbond substituents is 3. The van der Waals surface area contributed by atoms with Gasteiger partial charge in [-0.2, -0.15) is 0 Å². The second-order valence-corrected chi connectivity index (χ2v) is 8.40. The average molecular weight is 487 g/mol. The first-order chi connectivity index (χ1) is 17.1. The Morgan fingerprint density at radius 1 is 0.806 bits per heavy atom. The number of aliphatic hydroxyl groups excluding tert-OH is 2. The highest BCUT2D eigenvalue weighted by atomic mass is 16.4. The van der Waals surface area contributed by atoms with Crippen molar-refractivity contribution in [1.82, 2.24) is 4.57 Å². The van der Waals surface area contributed by atoms with Gasteiger partial charge in [0.05, 0.1) is 11.4 Å². The molecule has 8 nitrogen and oxygen atoms in total. The molecule has 7 N–H and O–H groups in total. The molecule has 1 heterocycles. The zero-order chi connectivity index (χ0) is 26.3. The lowest BCUT2D eigenvalue weighted by molar-refractivity contribution is 0.374. The molecular formula is C27H26BNO7. The zero-order valence-corrected chi connectivity index (χ0v) is 19.9. The summed E-state index contributed by atoms with van der Waals surface area (Å²) in [5.74, 6) is -2.88. The van der Waals surface area contributed by atoms with Crippen LogP contribution >= 0.6 is 0 Å². The molecule has 0 fully saturated rings. The van der Waals surface area contributed by atoms with Crippen LogP contribution in [0.5, 0.6) is 17.2 Å². The number of benzene rings is 3. The van der Waals surface area contributed by atoms with Gasteiger partial charge in [0.1, 0.15) is 11.3 Å². The Bertz CT molecular complexity index is 1540. The molecule has 0 aliphatic carbocycles. The van der Waals surface area contributed by atoms with Crippen LogP contribution in [0.2, 0.25) is 0 Å². The van der Waals surface area contributed by atoms with Gasteiger partial charge in [-0.3, -0.25) is 0 Å². The molecule has 0 spiro atoms. The predicted octanol–water partition coefficient (Wildman–Crippen LogP) is 4.77. The van der Waals surface area contributed by atoms with Gasteiger partial charge in [-0.1, -0.05) is 54.6 Å². The lowest BCUT2D eigenvalue weighted by Crippen LogP contribution is -2.18. The second-order valence-electron chi connectivity index (χ2n) is 8.40. The van der Waals surface area contributed by atoms with Crippen LogP contribution in [0.1, 0.15) is 23.7 Å². The maximum atomic E-state index is 11.3. The average Bonchev–Trinajstić information content (AvgIpc) is 3.19. The molecule has 0 amide bonds. The van der Waals surface area contributed by atoms with E-state index in [0.29, 0.717) is 11.3 Å². The first-order valence-electron chi connectivity index (χ1n) is 11.2. The minimum absolute atomic E-state index is 0.00240. The molecule has 0 saturated carbocycles. The van der Waals surface area contributed by atoms with E-state index in [1.54, 1.807) is 19.1 Å². The quantitative estimate of drug-likeness (QED) is 0.0705. The summed E-state index contributed by atoms with van der Waals surface area (Å²) in [4.78, 5) is 0. The van der Waals surface area contributed by atoms with Gasteiger partial charge in [0.25, 0.3) is 0 Å². The molecular weight excluding hydrogens is 461 g/mol. The SMILES string of the molecule is C/C=C(B(O)O)/C(O)=C(/O)c1c(C)c2c(O)c(C)c(O)c(O)c2n1-c1ccccc1-c1ccccc1. The highest BCUT2D eigenvalue weighted by Crippen LogP contribution is 2.49. The highest BCUT2D eigenvalue weighted by molar-refractivity contribution is 6.52. The molecule has 0 atom stereocenters.